The van der Waals surface area contributed by atoms with E-state index in [1.807, 2.05) is 12.1 Å². The van der Waals surface area contributed by atoms with Crippen LogP contribution in [0.25, 0.3) is 0 Å². The molecule has 1 aromatic carbocycles. The van der Waals surface area contributed by atoms with Gasteiger partial charge in [-0.05, 0) is 91.9 Å². The molecule has 7 heteroatoms. The summed E-state index contributed by atoms with van der Waals surface area (Å²) in [5.74, 6) is 2.41. The second-order valence-electron chi connectivity index (χ2n) is 9.11. The molecule has 2 saturated carbocycles. The summed E-state index contributed by atoms with van der Waals surface area (Å²) >= 11 is 0. The summed E-state index contributed by atoms with van der Waals surface area (Å²) in [6, 6.07) is 3.80. The number of benzene rings is 1. The van der Waals surface area contributed by atoms with Crippen molar-refractivity contribution in [2.24, 2.45) is 22.4 Å². The van der Waals surface area contributed by atoms with Gasteiger partial charge in [-0.1, -0.05) is 13.3 Å². The summed E-state index contributed by atoms with van der Waals surface area (Å²) in [5.41, 5.74) is 2.71. The quantitative estimate of drug-likeness (QED) is 0.775. The summed E-state index contributed by atoms with van der Waals surface area (Å²) in [7, 11) is -2.56. The minimum Gasteiger partial charge on any atom is -0.493 e. The fraction of sp³-hybridized carbons (Fsp3) is 0.727. The van der Waals surface area contributed by atoms with Crippen LogP contribution in [-0.2, 0) is 21.5 Å². The molecule has 29 heavy (non-hydrogen) atoms. The molecule has 3 aliphatic rings. The van der Waals surface area contributed by atoms with Gasteiger partial charge < -0.3 is 13.7 Å². The highest BCUT2D eigenvalue weighted by Crippen LogP contribution is 2.60. The van der Waals surface area contributed by atoms with Gasteiger partial charge in [0.05, 0.1) is 13.2 Å². The SMILES string of the molecule is CCOC1CCC[C@H]2[C@@H]3CCc4cc(OS(N)(=O)=O)c(OC)cc4[C@H]3CC[C@]12C. The smallest absolute Gasteiger partial charge is 0.380 e. The fourth-order valence-electron chi connectivity index (χ4n) is 6.55. The third-order valence-corrected chi connectivity index (χ3v) is 8.15. The van der Waals surface area contributed by atoms with Crippen molar-refractivity contribution in [3.63, 3.8) is 0 Å². The number of fused-ring (bicyclic) bond motifs is 5. The molecule has 1 unspecified atom stereocenters. The van der Waals surface area contributed by atoms with Gasteiger partial charge in [0.2, 0.25) is 0 Å². The van der Waals surface area contributed by atoms with E-state index in [1.165, 1.54) is 38.4 Å². The van der Waals surface area contributed by atoms with Gasteiger partial charge >= 0.3 is 10.3 Å². The number of methoxy groups -OCH3 is 1. The van der Waals surface area contributed by atoms with E-state index in [4.69, 9.17) is 18.8 Å². The molecule has 0 saturated heterocycles. The van der Waals surface area contributed by atoms with Crippen molar-refractivity contribution in [3.05, 3.63) is 23.3 Å². The highest BCUT2D eigenvalue weighted by molar-refractivity contribution is 7.84. The second kappa shape index (κ2) is 7.75. The van der Waals surface area contributed by atoms with E-state index in [1.54, 1.807) is 0 Å². The van der Waals surface area contributed by atoms with E-state index in [9.17, 15) is 8.42 Å². The number of aryl methyl sites for hydroxylation is 1. The topological polar surface area (TPSA) is 87.9 Å². The van der Waals surface area contributed by atoms with Crippen LogP contribution in [-0.4, -0.2) is 28.2 Å². The summed E-state index contributed by atoms with van der Waals surface area (Å²) in [6.07, 6.45) is 8.41. The second-order valence-corrected chi connectivity index (χ2v) is 10.3. The molecule has 3 aliphatic carbocycles. The van der Waals surface area contributed by atoms with E-state index >= 15 is 0 Å². The molecule has 2 fully saturated rings. The molecule has 0 aliphatic heterocycles. The maximum Gasteiger partial charge on any atom is 0.380 e. The first-order chi connectivity index (χ1) is 13.8. The Balaban J connectivity index is 1.67. The Hall–Kier alpha value is -1.31. The fourth-order valence-corrected chi connectivity index (χ4v) is 6.93. The molecule has 1 aromatic rings. The Bertz CT molecular complexity index is 868. The van der Waals surface area contributed by atoms with Crippen molar-refractivity contribution in [1.82, 2.24) is 0 Å². The summed E-state index contributed by atoms with van der Waals surface area (Å²) in [5, 5.41) is 5.08. The zero-order chi connectivity index (χ0) is 20.8. The third kappa shape index (κ3) is 3.77. The molecule has 0 radical (unpaired) electrons. The Labute approximate surface area is 174 Å². The average molecular weight is 424 g/mol. The van der Waals surface area contributed by atoms with E-state index in [-0.39, 0.29) is 11.2 Å². The summed E-state index contributed by atoms with van der Waals surface area (Å²) in [4.78, 5) is 0. The molecule has 5 atom stereocenters. The third-order valence-electron chi connectivity index (χ3n) is 7.74. The normalized spacial score (nSPS) is 33.9. The number of hydrogen-bond donors (Lipinski definition) is 1. The lowest BCUT2D eigenvalue weighted by atomic mass is 9.50. The van der Waals surface area contributed by atoms with Crippen LogP contribution in [0.15, 0.2) is 12.1 Å². The number of nitrogens with two attached hydrogens (primary N) is 1. The summed E-state index contributed by atoms with van der Waals surface area (Å²) < 4.78 is 39.5. The Kier molecular flexibility index (Phi) is 5.59. The van der Waals surface area contributed by atoms with Crippen LogP contribution in [0.4, 0.5) is 0 Å². The first-order valence-corrected chi connectivity index (χ1v) is 12.3. The van der Waals surface area contributed by atoms with Crippen molar-refractivity contribution in [2.45, 2.75) is 70.8 Å². The molecular weight excluding hydrogens is 390 g/mol. The summed E-state index contributed by atoms with van der Waals surface area (Å²) in [6.45, 7) is 5.34. The zero-order valence-corrected chi connectivity index (χ0v) is 18.5. The van der Waals surface area contributed by atoms with Crippen LogP contribution in [0.5, 0.6) is 11.5 Å². The Morgan fingerprint density at radius 1 is 1.17 bits per heavy atom. The molecular formula is C22H33NO5S. The maximum atomic E-state index is 11.4. The first kappa shape index (κ1) is 20.9. The van der Waals surface area contributed by atoms with Crippen molar-refractivity contribution in [2.75, 3.05) is 13.7 Å². The van der Waals surface area contributed by atoms with Crippen LogP contribution in [0.2, 0.25) is 0 Å². The van der Waals surface area contributed by atoms with Gasteiger partial charge in [0.25, 0.3) is 0 Å². The molecule has 162 valence electrons. The lowest BCUT2D eigenvalue weighted by Crippen LogP contribution is -2.51. The van der Waals surface area contributed by atoms with Crippen LogP contribution in [0.1, 0.15) is 69.4 Å². The van der Waals surface area contributed by atoms with Gasteiger partial charge in [-0.25, -0.2) is 0 Å². The first-order valence-electron chi connectivity index (χ1n) is 10.8. The van der Waals surface area contributed by atoms with E-state index in [0.29, 0.717) is 29.6 Å². The van der Waals surface area contributed by atoms with Gasteiger partial charge in [0, 0.05) is 6.61 Å². The molecule has 6 nitrogen and oxygen atoms in total. The monoisotopic (exact) mass is 423 g/mol. The van der Waals surface area contributed by atoms with E-state index in [0.717, 1.165) is 31.4 Å². The van der Waals surface area contributed by atoms with E-state index < -0.39 is 10.3 Å². The van der Waals surface area contributed by atoms with Gasteiger partial charge in [0.15, 0.2) is 11.5 Å². The van der Waals surface area contributed by atoms with Crippen molar-refractivity contribution in [3.8, 4) is 11.5 Å². The molecule has 0 spiro atoms. The highest BCUT2D eigenvalue weighted by Gasteiger charge is 2.53. The predicted octanol–water partition coefficient (Wildman–Crippen LogP) is 3.93. The van der Waals surface area contributed by atoms with Gasteiger partial charge in [-0.3, -0.25) is 0 Å². The van der Waals surface area contributed by atoms with Crippen LogP contribution in [0, 0.1) is 17.3 Å². The number of ether oxygens (including phenoxy) is 2. The molecule has 0 aromatic heterocycles. The molecule has 4 rings (SSSR count). The predicted molar refractivity (Wildman–Crippen MR) is 111 cm³/mol. The van der Waals surface area contributed by atoms with E-state index in [2.05, 4.69) is 13.8 Å². The Morgan fingerprint density at radius 3 is 2.66 bits per heavy atom. The maximum absolute atomic E-state index is 11.4. The van der Waals surface area contributed by atoms with Crippen LogP contribution >= 0.6 is 0 Å². The molecule has 0 bridgehead atoms. The van der Waals surface area contributed by atoms with Crippen molar-refractivity contribution >= 4 is 10.3 Å². The lowest BCUT2D eigenvalue weighted by molar-refractivity contribution is -0.126. The molecule has 0 heterocycles. The minimum absolute atomic E-state index is 0.182. The molecule has 0 amide bonds. The molecule has 2 N–H and O–H groups in total. The number of hydrogen-bond acceptors (Lipinski definition) is 5. The van der Waals surface area contributed by atoms with Gasteiger partial charge in [-0.2, -0.15) is 13.6 Å². The largest absolute Gasteiger partial charge is 0.493 e. The van der Waals surface area contributed by atoms with Crippen LogP contribution in [0.3, 0.4) is 0 Å². The Morgan fingerprint density at radius 2 is 1.97 bits per heavy atom. The lowest BCUT2D eigenvalue weighted by Gasteiger charge is -2.57. The average Bonchev–Trinajstić information content (AvgIpc) is 2.66. The minimum atomic E-state index is -4.09. The number of rotatable bonds is 5. The van der Waals surface area contributed by atoms with Gasteiger partial charge in [0.1, 0.15) is 0 Å². The van der Waals surface area contributed by atoms with Gasteiger partial charge in [-0.15, -0.1) is 0 Å². The van der Waals surface area contributed by atoms with Crippen LogP contribution < -0.4 is 14.1 Å². The standard InChI is InChI=1S/C22H33NO5S/c1-4-27-21-7-5-6-18-16-9-8-14-12-20(28-29(23,24)25)19(26-3)13-17(14)15(16)10-11-22(18,21)2/h12-13,15-16,18,21H,4-11H2,1-3H3,(H2,23,24,25)/t15-,16+,18-,21?,22-/m0/s1. The highest BCUT2D eigenvalue weighted by atomic mass is 32.2. The van der Waals surface area contributed by atoms with Crippen molar-refractivity contribution in [1.29, 1.82) is 0 Å². The zero-order valence-electron chi connectivity index (χ0n) is 17.6. The van der Waals surface area contributed by atoms with Crippen molar-refractivity contribution < 1.29 is 22.1 Å².